The van der Waals surface area contributed by atoms with E-state index in [0.29, 0.717) is 48.3 Å². The van der Waals surface area contributed by atoms with Crippen molar-refractivity contribution >= 4 is 17.8 Å². The van der Waals surface area contributed by atoms with E-state index in [4.69, 9.17) is 14.2 Å². The van der Waals surface area contributed by atoms with E-state index < -0.39 is 5.41 Å². The molecule has 2 bridgehead atoms. The Morgan fingerprint density at radius 1 is 1.02 bits per heavy atom. The second-order valence-corrected chi connectivity index (χ2v) is 13.7. The first-order chi connectivity index (χ1) is 19.2. The minimum absolute atomic E-state index is 0.0230. The average molecular weight is 553 g/mol. The van der Waals surface area contributed by atoms with E-state index in [1.807, 2.05) is 13.0 Å². The van der Waals surface area contributed by atoms with Gasteiger partial charge >= 0.3 is 5.97 Å². The zero-order valence-corrected chi connectivity index (χ0v) is 24.2. The highest BCUT2D eigenvalue weighted by atomic mass is 16.5. The lowest BCUT2D eigenvalue weighted by atomic mass is 9.70. The summed E-state index contributed by atoms with van der Waals surface area (Å²) < 4.78 is 17.3. The minimum atomic E-state index is -0.468. The third-order valence-electron chi connectivity index (χ3n) is 10.8. The second kappa shape index (κ2) is 10.6. The molecule has 0 spiro atoms. The number of rotatable bonds is 8. The predicted octanol–water partition coefficient (Wildman–Crippen LogP) is 4.57. The summed E-state index contributed by atoms with van der Waals surface area (Å²) in [6.07, 6.45) is 10.3. The van der Waals surface area contributed by atoms with Crippen molar-refractivity contribution in [3.63, 3.8) is 0 Å². The summed E-state index contributed by atoms with van der Waals surface area (Å²) in [4.78, 5) is 39.4. The maximum absolute atomic E-state index is 13.8. The van der Waals surface area contributed by atoms with Crippen LogP contribution in [0.3, 0.4) is 0 Å². The molecule has 0 radical (unpaired) electrons. The van der Waals surface area contributed by atoms with Crippen molar-refractivity contribution in [3.8, 4) is 11.5 Å². The van der Waals surface area contributed by atoms with Crippen LogP contribution in [0, 0.1) is 28.6 Å². The number of ether oxygens (including phenoxy) is 3. The van der Waals surface area contributed by atoms with E-state index in [1.54, 1.807) is 6.07 Å². The SMILES string of the molecule is COC(=O)C1(C)CCC(Oc2cc3c(c(C(=O)N[C@@H]4[C@H]5CC[C@H](C5)[C@@H]4C(=O)NCC4(C)CCC4)c2)OCC3)CC1. The summed E-state index contributed by atoms with van der Waals surface area (Å²) in [5.74, 6) is 1.54. The number of carbonyl (C=O) groups excluding carboxylic acids is 3. The largest absolute Gasteiger partial charge is 0.492 e. The number of esters is 1. The Balaban J connectivity index is 1.14. The molecule has 4 aliphatic carbocycles. The van der Waals surface area contributed by atoms with Gasteiger partial charge in [-0.15, -0.1) is 0 Å². The zero-order valence-electron chi connectivity index (χ0n) is 24.2. The van der Waals surface area contributed by atoms with Crippen LogP contribution in [0.2, 0.25) is 0 Å². The van der Waals surface area contributed by atoms with E-state index in [1.165, 1.54) is 26.4 Å². The molecule has 5 aliphatic rings. The Morgan fingerprint density at radius 3 is 2.48 bits per heavy atom. The third-order valence-corrected chi connectivity index (χ3v) is 10.8. The van der Waals surface area contributed by atoms with Crippen LogP contribution >= 0.6 is 0 Å². The number of fused-ring (bicyclic) bond motifs is 3. The van der Waals surface area contributed by atoms with Crippen molar-refractivity contribution < 1.29 is 28.6 Å². The number of hydrogen-bond acceptors (Lipinski definition) is 6. The highest BCUT2D eigenvalue weighted by molar-refractivity contribution is 5.98. The first kappa shape index (κ1) is 27.4. The maximum Gasteiger partial charge on any atom is 0.311 e. The Labute approximate surface area is 237 Å². The summed E-state index contributed by atoms with van der Waals surface area (Å²) in [7, 11) is 1.44. The second-order valence-electron chi connectivity index (χ2n) is 13.7. The monoisotopic (exact) mass is 552 g/mol. The average Bonchev–Trinajstić information content (AvgIpc) is 3.68. The smallest absolute Gasteiger partial charge is 0.311 e. The van der Waals surface area contributed by atoms with Gasteiger partial charge in [-0.05, 0) is 94.1 Å². The molecular formula is C32H44N2O6. The summed E-state index contributed by atoms with van der Waals surface area (Å²) >= 11 is 0. The molecule has 218 valence electrons. The van der Waals surface area contributed by atoms with Crippen LogP contribution in [0.25, 0.3) is 0 Å². The minimum Gasteiger partial charge on any atom is -0.492 e. The normalized spacial score (nSPS) is 33.3. The maximum atomic E-state index is 13.8. The van der Waals surface area contributed by atoms with E-state index in [9.17, 15) is 14.4 Å². The fraction of sp³-hybridized carbons (Fsp3) is 0.719. The third kappa shape index (κ3) is 5.07. The Kier molecular flexibility index (Phi) is 7.24. The molecule has 8 nitrogen and oxygen atoms in total. The Hall–Kier alpha value is -2.77. The Morgan fingerprint density at radius 2 is 1.77 bits per heavy atom. The van der Waals surface area contributed by atoms with E-state index in [2.05, 4.69) is 17.6 Å². The van der Waals surface area contributed by atoms with Gasteiger partial charge in [0.15, 0.2) is 0 Å². The van der Waals surface area contributed by atoms with Crippen molar-refractivity contribution in [2.24, 2.45) is 28.6 Å². The number of benzene rings is 1. The quantitative estimate of drug-likeness (QED) is 0.458. The molecule has 4 fully saturated rings. The number of nitrogens with one attached hydrogen (secondary N) is 2. The van der Waals surface area contributed by atoms with E-state index in [-0.39, 0.29) is 41.3 Å². The standard InChI is InChI=1S/C32H44N2O6/c1-31(10-4-11-31)18-33-29(36)25-19-5-6-20(15-19)26(25)34-28(35)24-17-23(16-21-9-14-39-27(21)24)40-22-7-12-32(2,13-8-22)30(37)38-3/h16-17,19-20,22,25-26H,4-15,18H2,1-3H3,(H,33,36)(H,34,35)/t19-,20+,22?,25+,26-,32?/m1/s1. The molecular weight excluding hydrogens is 508 g/mol. The van der Waals surface area contributed by atoms with Crippen molar-refractivity contribution in [3.05, 3.63) is 23.3 Å². The Bertz CT molecular complexity index is 1170. The summed E-state index contributed by atoms with van der Waals surface area (Å²) in [6, 6.07) is 3.63. The number of carbonyl (C=O) groups is 3. The van der Waals surface area contributed by atoms with Gasteiger partial charge in [0.25, 0.3) is 5.91 Å². The van der Waals surface area contributed by atoms with Crippen LogP contribution < -0.4 is 20.1 Å². The van der Waals surface area contributed by atoms with Crippen molar-refractivity contribution in [2.75, 3.05) is 20.3 Å². The first-order valence-electron chi connectivity index (χ1n) is 15.3. The van der Waals surface area contributed by atoms with Crippen LogP contribution in [0.1, 0.15) is 94.0 Å². The fourth-order valence-electron chi connectivity index (χ4n) is 7.99. The van der Waals surface area contributed by atoms with Gasteiger partial charge in [-0.1, -0.05) is 13.3 Å². The predicted molar refractivity (Wildman–Crippen MR) is 149 cm³/mol. The van der Waals surface area contributed by atoms with Gasteiger partial charge in [-0.3, -0.25) is 14.4 Å². The lowest BCUT2D eigenvalue weighted by molar-refractivity contribution is -0.154. The molecule has 0 saturated heterocycles. The molecule has 2 N–H and O–H groups in total. The lowest BCUT2D eigenvalue weighted by Gasteiger charge is -2.39. The van der Waals surface area contributed by atoms with Gasteiger partial charge in [0.05, 0.1) is 36.7 Å². The molecule has 1 aromatic carbocycles. The lowest BCUT2D eigenvalue weighted by Crippen LogP contribution is -2.51. The molecule has 1 heterocycles. The van der Waals surface area contributed by atoms with Crippen LogP contribution in [-0.4, -0.2) is 50.2 Å². The van der Waals surface area contributed by atoms with Gasteiger partial charge in [0.2, 0.25) is 5.91 Å². The van der Waals surface area contributed by atoms with E-state index >= 15 is 0 Å². The molecule has 4 saturated carbocycles. The number of methoxy groups -OCH3 is 1. The fourth-order valence-corrected chi connectivity index (χ4v) is 7.99. The van der Waals surface area contributed by atoms with E-state index in [0.717, 1.165) is 50.6 Å². The van der Waals surface area contributed by atoms with Gasteiger partial charge in [0.1, 0.15) is 11.5 Å². The van der Waals surface area contributed by atoms with Gasteiger partial charge in [-0.25, -0.2) is 0 Å². The topological polar surface area (TPSA) is 103 Å². The highest BCUT2D eigenvalue weighted by Crippen LogP contribution is 2.49. The van der Waals surface area contributed by atoms with Gasteiger partial charge in [-0.2, -0.15) is 0 Å². The molecule has 40 heavy (non-hydrogen) atoms. The van der Waals surface area contributed by atoms with Crippen molar-refractivity contribution in [1.82, 2.24) is 10.6 Å². The van der Waals surface area contributed by atoms with Crippen LogP contribution in [0.4, 0.5) is 0 Å². The summed E-state index contributed by atoms with van der Waals surface area (Å²) in [5.41, 5.74) is 1.23. The summed E-state index contributed by atoms with van der Waals surface area (Å²) in [5, 5.41) is 6.53. The van der Waals surface area contributed by atoms with Gasteiger partial charge < -0.3 is 24.8 Å². The molecule has 1 aromatic rings. The highest BCUT2D eigenvalue weighted by Gasteiger charge is 2.52. The van der Waals surface area contributed by atoms with Crippen LogP contribution in [0.15, 0.2) is 12.1 Å². The molecule has 2 amide bonds. The van der Waals surface area contributed by atoms with Crippen molar-refractivity contribution in [1.29, 1.82) is 0 Å². The first-order valence-corrected chi connectivity index (χ1v) is 15.3. The summed E-state index contributed by atoms with van der Waals surface area (Å²) in [6.45, 7) is 5.47. The van der Waals surface area contributed by atoms with Gasteiger partial charge in [0, 0.05) is 24.6 Å². The molecule has 0 aromatic heterocycles. The molecule has 4 atom stereocenters. The number of amides is 2. The van der Waals surface area contributed by atoms with Crippen LogP contribution in [0.5, 0.6) is 11.5 Å². The zero-order chi connectivity index (χ0) is 28.1. The number of hydrogen-bond donors (Lipinski definition) is 2. The molecule has 6 rings (SSSR count). The molecule has 0 unspecified atom stereocenters. The molecule has 1 aliphatic heterocycles. The molecule has 8 heteroatoms. The van der Waals surface area contributed by atoms with Crippen molar-refractivity contribution in [2.45, 2.75) is 96.6 Å². The van der Waals surface area contributed by atoms with Crippen LogP contribution in [-0.2, 0) is 20.7 Å².